The first-order chi connectivity index (χ1) is 21.6. The first-order valence-electron chi connectivity index (χ1n) is 15.2. The summed E-state index contributed by atoms with van der Waals surface area (Å²) in [5.74, 6) is 0.943. The predicted molar refractivity (Wildman–Crippen MR) is 187 cm³/mol. The zero-order chi connectivity index (χ0) is 30.0. The van der Waals surface area contributed by atoms with Crippen LogP contribution >= 0.6 is 0 Å². The normalized spacial score (nSPS) is 12.7. The largest absolute Gasteiger partial charge is 0.310 e. The van der Waals surface area contributed by atoms with Crippen LogP contribution in [-0.2, 0) is 0 Å². The third kappa shape index (κ3) is 5.18. The van der Waals surface area contributed by atoms with Crippen LogP contribution in [0.3, 0.4) is 0 Å². The second kappa shape index (κ2) is 11.7. The van der Waals surface area contributed by atoms with Crippen LogP contribution < -0.4 is 4.90 Å². The monoisotopic (exact) mass is 569 g/mol. The zero-order valence-corrected chi connectivity index (χ0v) is 25.2. The molecule has 0 saturated heterocycles. The van der Waals surface area contributed by atoms with Crippen LogP contribution in [0.25, 0.3) is 44.9 Å². The Morgan fingerprint density at radius 1 is 0.750 bits per heavy atom. The highest BCUT2D eigenvalue weighted by molar-refractivity contribution is 5.92. The number of para-hydroxylation sites is 4. The lowest BCUT2D eigenvalue weighted by Gasteiger charge is -2.29. The van der Waals surface area contributed by atoms with Crippen LogP contribution in [0, 0.1) is 13.8 Å². The minimum absolute atomic E-state index is 0.906. The van der Waals surface area contributed by atoms with Gasteiger partial charge >= 0.3 is 0 Å². The second-order valence-electron chi connectivity index (χ2n) is 11.5. The number of allylic oxidation sites excluding steroid dienone is 4. The number of rotatable bonds is 7. The highest BCUT2D eigenvalue weighted by Crippen LogP contribution is 2.39. The molecule has 0 unspecified atom stereocenters. The Kier molecular flexibility index (Phi) is 7.29. The average Bonchev–Trinajstić information content (AvgIpc) is 3.47. The van der Waals surface area contributed by atoms with E-state index in [-0.39, 0.29) is 0 Å². The molecule has 1 aromatic heterocycles. The number of anilines is 2. The third-order valence-electron chi connectivity index (χ3n) is 8.39. The van der Waals surface area contributed by atoms with Crippen molar-refractivity contribution < 1.29 is 0 Å². The molecule has 0 amide bonds. The van der Waals surface area contributed by atoms with Gasteiger partial charge in [-0.05, 0) is 104 Å². The van der Waals surface area contributed by atoms with E-state index in [1.807, 2.05) is 0 Å². The van der Waals surface area contributed by atoms with Gasteiger partial charge in [-0.15, -0.1) is 0 Å². The van der Waals surface area contributed by atoms with Crippen molar-refractivity contribution in [1.82, 2.24) is 9.55 Å². The molecule has 5 aromatic carbocycles. The molecule has 0 N–H and O–H groups in total. The van der Waals surface area contributed by atoms with Gasteiger partial charge in [-0.25, -0.2) is 4.98 Å². The van der Waals surface area contributed by atoms with Gasteiger partial charge in [0.25, 0.3) is 0 Å². The molecular formula is C41H35N3. The van der Waals surface area contributed by atoms with Crippen LogP contribution in [0.1, 0.15) is 29.5 Å². The van der Waals surface area contributed by atoms with Gasteiger partial charge in [0.15, 0.2) is 0 Å². The van der Waals surface area contributed by atoms with Crippen molar-refractivity contribution in [2.24, 2.45) is 0 Å². The maximum absolute atomic E-state index is 5.24. The maximum atomic E-state index is 5.24. The number of aromatic nitrogens is 2. The van der Waals surface area contributed by atoms with Gasteiger partial charge in [-0.1, -0.05) is 97.1 Å². The van der Waals surface area contributed by atoms with E-state index in [4.69, 9.17) is 11.6 Å². The Hall–Kier alpha value is -5.41. The minimum atomic E-state index is 0.906. The summed E-state index contributed by atoms with van der Waals surface area (Å²) in [4.78, 5) is 7.51. The fraction of sp³-hybridized carbons (Fsp3) is 0.0976. The van der Waals surface area contributed by atoms with E-state index in [2.05, 4.69) is 163 Å². The van der Waals surface area contributed by atoms with Gasteiger partial charge in [0.1, 0.15) is 5.82 Å². The number of nitrogens with zero attached hydrogens (tertiary/aromatic N) is 3. The van der Waals surface area contributed by atoms with Crippen LogP contribution in [0.5, 0.6) is 0 Å². The van der Waals surface area contributed by atoms with Gasteiger partial charge in [0.05, 0.1) is 11.0 Å². The number of hydrogen-bond donors (Lipinski definition) is 0. The van der Waals surface area contributed by atoms with E-state index < -0.39 is 0 Å². The van der Waals surface area contributed by atoms with Crippen molar-refractivity contribution >= 4 is 33.8 Å². The lowest BCUT2D eigenvalue weighted by atomic mass is 9.96. The van der Waals surface area contributed by atoms with Crippen molar-refractivity contribution in [3.63, 3.8) is 0 Å². The summed E-state index contributed by atoms with van der Waals surface area (Å²) in [7, 11) is 0. The molecule has 3 heteroatoms. The number of fused-ring (bicyclic) bond motifs is 1. The molecule has 3 nitrogen and oxygen atoms in total. The highest BCUT2D eigenvalue weighted by atomic mass is 15.2. The molecule has 1 aliphatic rings. The molecule has 0 bridgehead atoms. The van der Waals surface area contributed by atoms with Gasteiger partial charge in [0.2, 0.25) is 0 Å². The van der Waals surface area contributed by atoms with Crippen molar-refractivity contribution in [3.8, 4) is 22.5 Å². The van der Waals surface area contributed by atoms with Crippen LogP contribution in [0.15, 0.2) is 146 Å². The van der Waals surface area contributed by atoms with Gasteiger partial charge in [0, 0.05) is 28.3 Å². The van der Waals surface area contributed by atoms with Crippen LogP contribution in [-0.4, -0.2) is 9.55 Å². The van der Waals surface area contributed by atoms with Gasteiger partial charge in [-0.2, -0.15) is 0 Å². The Morgan fingerprint density at radius 2 is 1.48 bits per heavy atom. The fourth-order valence-electron chi connectivity index (χ4n) is 6.08. The van der Waals surface area contributed by atoms with E-state index in [1.165, 1.54) is 16.8 Å². The average molecular weight is 570 g/mol. The van der Waals surface area contributed by atoms with Gasteiger partial charge < -0.3 is 4.90 Å². The summed E-state index contributed by atoms with van der Waals surface area (Å²) in [5.41, 5.74) is 13.3. The van der Waals surface area contributed by atoms with E-state index >= 15 is 0 Å². The van der Waals surface area contributed by atoms with Crippen molar-refractivity contribution in [3.05, 3.63) is 163 Å². The Balaban J connectivity index is 1.46. The molecule has 6 aromatic rings. The lowest BCUT2D eigenvalue weighted by Crippen LogP contribution is -2.16. The Labute approximate surface area is 259 Å². The number of hydrogen-bond acceptors (Lipinski definition) is 2. The summed E-state index contributed by atoms with van der Waals surface area (Å²) >= 11 is 0. The fourth-order valence-corrected chi connectivity index (χ4v) is 6.08. The van der Waals surface area contributed by atoms with Crippen molar-refractivity contribution in [2.75, 3.05) is 4.90 Å². The molecule has 1 heterocycles. The summed E-state index contributed by atoms with van der Waals surface area (Å²) < 4.78 is 2.34. The quantitative estimate of drug-likeness (QED) is 0.191. The smallest absolute Gasteiger partial charge is 0.145 e. The van der Waals surface area contributed by atoms with Crippen LogP contribution in [0.2, 0.25) is 0 Å². The summed E-state index contributed by atoms with van der Waals surface area (Å²) in [5, 5.41) is 0. The number of aryl methyl sites for hydroxylation is 2. The Morgan fingerprint density at radius 3 is 2.25 bits per heavy atom. The maximum Gasteiger partial charge on any atom is 0.145 e. The number of benzene rings is 5. The molecule has 0 atom stereocenters. The molecule has 0 spiro atoms. The molecule has 0 fully saturated rings. The van der Waals surface area contributed by atoms with Crippen molar-refractivity contribution in [1.29, 1.82) is 0 Å². The standard InChI is InChI=1S/C41H35N3/c1-29-22-24-32(25-23-29)34-26-33(31(3)43(36-15-6-4-7-16-36)39-20-12-10-14-30(39)2)27-35(28-34)41-42-38-19-11-13-21-40(38)44(41)37-17-8-5-9-18-37/h4-8,10-17,19-28H,3,9,18H2,1-2H3. The van der Waals surface area contributed by atoms with E-state index in [9.17, 15) is 0 Å². The predicted octanol–water partition coefficient (Wildman–Crippen LogP) is 11.0. The highest BCUT2D eigenvalue weighted by Gasteiger charge is 2.21. The van der Waals surface area contributed by atoms with E-state index in [1.54, 1.807) is 0 Å². The van der Waals surface area contributed by atoms with Gasteiger partial charge in [-0.3, -0.25) is 4.57 Å². The molecule has 0 saturated carbocycles. The number of imidazole rings is 1. The summed E-state index contributed by atoms with van der Waals surface area (Å²) in [6.07, 6.45) is 8.60. The molecule has 0 radical (unpaired) electrons. The molecule has 1 aliphatic carbocycles. The molecule has 44 heavy (non-hydrogen) atoms. The Bertz CT molecular complexity index is 2040. The van der Waals surface area contributed by atoms with E-state index in [0.29, 0.717) is 0 Å². The first kappa shape index (κ1) is 27.4. The third-order valence-corrected chi connectivity index (χ3v) is 8.39. The van der Waals surface area contributed by atoms with Crippen molar-refractivity contribution in [2.45, 2.75) is 26.7 Å². The van der Waals surface area contributed by atoms with E-state index in [0.717, 1.165) is 69.0 Å². The molecule has 214 valence electrons. The zero-order valence-electron chi connectivity index (χ0n) is 25.2. The summed E-state index contributed by atoms with van der Waals surface area (Å²) in [6, 6.07) is 43.0. The minimum Gasteiger partial charge on any atom is -0.310 e. The topological polar surface area (TPSA) is 21.1 Å². The molecule has 7 rings (SSSR count). The lowest BCUT2D eigenvalue weighted by molar-refractivity contribution is 0.960. The first-order valence-corrected chi connectivity index (χ1v) is 15.2. The summed E-state index contributed by atoms with van der Waals surface area (Å²) in [6.45, 7) is 9.02. The SMILES string of the molecule is C=C(c1cc(-c2ccc(C)cc2)cc(-c2nc3ccccc3n2C2=CC=CCC2)c1)N(c1ccccc1)c1ccccc1C. The van der Waals surface area contributed by atoms with Crippen LogP contribution in [0.4, 0.5) is 11.4 Å². The molecular weight excluding hydrogens is 534 g/mol. The molecule has 0 aliphatic heterocycles. The second-order valence-corrected chi connectivity index (χ2v) is 11.5.